The van der Waals surface area contributed by atoms with Crippen LogP contribution in [-0.4, -0.2) is 29.2 Å². The summed E-state index contributed by atoms with van der Waals surface area (Å²) in [6.45, 7) is 3.79. The number of hydrogen-bond donors (Lipinski definition) is 3. The first kappa shape index (κ1) is 20.1. The minimum atomic E-state index is -0.401. The third-order valence-corrected chi connectivity index (χ3v) is 6.32. The van der Waals surface area contributed by atoms with Gasteiger partial charge < -0.3 is 16.2 Å². The molecule has 1 aromatic rings. The van der Waals surface area contributed by atoms with Gasteiger partial charge in [0.05, 0.1) is 6.61 Å². The first-order chi connectivity index (χ1) is 13.0. The van der Waals surface area contributed by atoms with Crippen molar-refractivity contribution in [2.45, 2.75) is 81.7 Å². The highest BCUT2D eigenvalue weighted by molar-refractivity contribution is 5.76. The largest absolute Gasteiger partial charge is 0.394 e. The molecule has 1 aromatic carbocycles. The minimum absolute atomic E-state index is 0.0728. The van der Waals surface area contributed by atoms with E-state index in [9.17, 15) is 9.90 Å². The summed E-state index contributed by atoms with van der Waals surface area (Å²) in [5.41, 5.74) is 9.99. The number of carbonyl (C=O) groups is 1. The van der Waals surface area contributed by atoms with E-state index in [0.717, 1.165) is 57.8 Å². The molecule has 0 heterocycles. The molecule has 27 heavy (non-hydrogen) atoms. The van der Waals surface area contributed by atoms with Crippen LogP contribution in [0.1, 0.15) is 74.0 Å². The van der Waals surface area contributed by atoms with Crippen molar-refractivity contribution in [3.05, 3.63) is 47.5 Å². The smallest absolute Gasteiger partial charge is 0.220 e. The first-order valence-corrected chi connectivity index (χ1v) is 10.4. The summed E-state index contributed by atoms with van der Waals surface area (Å²) in [5, 5.41) is 12.7. The van der Waals surface area contributed by atoms with Gasteiger partial charge in [-0.05, 0) is 80.4 Å². The zero-order valence-electron chi connectivity index (χ0n) is 16.4. The molecule has 1 saturated carbocycles. The average Bonchev–Trinajstić information content (AvgIpc) is 3.08. The van der Waals surface area contributed by atoms with E-state index in [0.29, 0.717) is 12.3 Å². The Kier molecular flexibility index (Phi) is 6.72. The Morgan fingerprint density at radius 3 is 2.93 bits per heavy atom. The summed E-state index contributed by atoms with van der Waals surface area (Å²) in [4.78, 5) is 12.1. The molecule has 2 aliphatic rings. The van der Waals surface area contributed by atoms with Gasteiger partial charge in [0.2, 0.25) is 5.91 Å². The van der Waals surface area contributed by atoms with Crippen LogP contribution in [0.25, 0.3) is 0 Å². The van der Waals surface area contributed by atoms with Gasteiger partial charge in [0.25, 0.3) is 0 Å². The number of allylic oxidation sites excluding steroid dienone is 1. The predicted molar refractivity (Wildman–Crippen MR) is 110 cm³/mol. The molecular formula is C23H34N2O2. The summed E-state index contributed by atoms with van der Waals surface area (Å²) in [6, 6.07) is 7.07. The van der Waals surface area contributed by atoms with Crippen LogP contribution in [0.15, 0.2) is 30.9 Å². The summed E-state index contributed by atoms with van der Waals surface area (Å²) in [7, 11) is 0. The van der Waals surface area contributed by atoms with E-state index in [1.165, 1.54) is 16.7 Å². The van der Waals surface area contributed by atoms with Crippen molar-refractivity contribution in [3.8, 4) is 0 Å². The summed E-state index contributed by atoms with van der Waals surface area (Å²) in [6.07, 6.45) is 11.3. The lowest BCUT2D eigenvalue weighted by molar-refractivity contribution is -0.122. The second-order valence-corrected chi connectivity index (χ2v) is 8.53. The van der Waals surface area contributed by atoms with E-state index in [1.54, 1.807) is 0 Å². The molecule has 0 radical (unpaired) electrons. The third kappa shape index (κ3) is 5.20. The fraction of sp³-hybridized carbons (Fsp3) is 0.609. The summed E-state index contributed by atoms with van der Waals surface area (Å²) >= 11 is 0. The Morgan fingerprint density at radius 1 is 1.33 bits per heavy atom. The van der Waals surface area contributed by atoms with Crippen molar-refractivity contribution in [1.82, 2.24) is 5.32 Å². The molecule has 148 valence electrons. The molecule has 3 atom stereocenters. The van der Waals surface area contributed by atoms with Crippen LogP contribution in [-0.2, 0) is 17.6 Å². The quantitative estimate of drug-likeness (QED) is 0.485. The van der Waals surface area contributed by atoms with Crippen molar-refractivity contribution in [3.63, 3.8) is 0 Å². The maximum Gasteiger partial charge on any atom is 0.220 e. The molecule has 1 unspecified atom stereocenters. The number of nitrogens with one attached hydrogen (secondary N) is 1. The number of amides is 1. The molecule has 4 nitrogen and oxygen atoms in total. The van der Waals surface area contributed by atoms with E-state index in [2.05, 4.69) is 30.1 Å². The molecule has 2 aliphatic carbocycles. The fourth-order valence-corrected chi connectivity index (χ4v) is 4.61. The molecule has 1 fully saturated rings. The lowest BCUT2D eigenvalue weighted by Crippen LogP contribution is -2.40. The van der Waals surface area contributed by atoms with Gasteiger partial charge >= 0.3 is 0 Å². The van der Waals surface area contributed by atoms with E-state index < -0.39 is 5.54 Å². The van der Waals surface area contributed by atoms with Crippen LogP contribution in [0.3, 0.4) is 0 Å². The zero-order chi connectivity index (χ0) is 19.3. The van der Waals surface area contributed by atoms with E-state index in [4.69, 9.17) is 5.73 Å². The number of aliphatic hydroxyl groups is 1. The van der Waals surface area contributed by atoms with Crippen molar-refractivity contribution in [2.75, 3.05) is 6.61 Å². The molecule has 3 rings (SSSR count). The molecule has 4 N–H and O–H groups in total. The molecule has 0 saturated heterocycles. The molecule has 0 bridgehead atoms. The number of nitrogens with two attached hydrogens (primary N) is 1. The van der Waals surface area contributed by atoms with Crippen molar-refractivity contribution in [2.24, 2.45) is 5.73 Å². The normalized spacial score (nSPS) is 27.2. The standard InChI is InChI=1S/C23H34N2O2/c1-2-3-4-5-6-22(27)25-21-10-9-17-13-18(7-8-19(17)14-21)20-11-12-23(24,15-20)16-26/h2,7-8,13,20-21,26H,1,3-6,9-12,14-16,24H2,(H,25,27)/t20-,21?,23-/m0/s1. The second-order valence-electron chi connectivity index (χ2n) is 8.53. The van der Waals surface area contributed by atoms with Gasteiger partial charge in [-0.15, -0.1) is 6.58 Å². The fourth-order valence-electron chi connectivity index (χ4n) is 4.61. The summed E-state index contributed by atoms with van der Waals surface area (Å²) in [5.74, 6) is 0.638. The van der Waals surface area contributed by atoms with Crippen molar-refractivity contribution >= 4 is 5.91 Å². The van der Waals surface area contributed by atoms with Crippen LogP contribution in [0.2, 0.25) is 0 Å². The Bertz CT molecular complexity index is 672. The van der Waals surface area contributed by atoms with Gasteiger partial charge in [-0.1, -0.05) is 24.3 Å². The molecule has 0 spiro atoms. The Labute approximate surface area is 163 Å². The third-order valence-electron chi connectivity index (χ3n) is 6.32. The second kappa shape index (κ2) is 9.03. The summed E-state index contributed by atoms with van der Waals surface area (Å²) < 4.78 is 0. The number of fused-ring (bicyclic) bond motifs is 1. The highest BCUT2D eigenvalue weighted by atomic mass is 16.3. The number of aryl methyl sites for hydroxylation is 1. The van der Waals surface area contributed by atoms with Gasteiger partial charge in [-0.3, -0.25) is 4.79 Å². The first-order valence-electron chi connectivity index (χ1n) is 10.4. The topological polar surface area (TPSA) is 75.4 Å². The Hall–Kier alpha value is -1.65. The van der Waals surface area contributed by atoms with Crippen LogP contribution >= 0.6 is 0 Å². The maximum absolute atomic E-state index is 12.1. The molecule has 4 heteroatoms. The SMILES string of the molecule is C=CCCCCC(=O)NC1CCc2cc([C@H]3CC[C@@](N)(CO)C3)ccc2C1. The monoisotopic (exact) mass is 370 g/mol. The Balaban J connectivity index is 1.53. The highest BCUT2D eigenvalue weighted by Gasteiger charge is 2.36. The molecule has 0 aromatic heterocycles. The van der Waals surface area contributed by atoms with Crippen LogP contribution in [0.4, 0.5) is 0 Å². The van der Waals surface area contributed by atoms with Crippen LogP contribution in [0.5, 0.6) is 0 Å². The lowest BCUT2D eigenvalue weighted by Gasteiger charge is -2.27. The zero-order valence-corrected chi connectivity index (χ0v) is 16.4. The van der Waals surface area contributed by atoms with Crippen LogP contribution < -0.4 is 11.1 Å². The van der Waals surface area contributed by atoms with Crippen LogP contribution in [0, 0.1) is 0 Å². The maximum atomic E-state index is 12.1. The average molecular weight is 371 g/mol. The highest BCUT2D eigenvalue weighted by Crippen LogP contribution is 2.40. The van der Waals surface area contributed by atoms with Gasteiger partial charge in [-0.25, -0.2) is 0 Å². The Morgan fingerprint density at radius 2 is 2.19 bits per heavy atom. The van der Waals surface area contributed by atoms with E-state index in [1.807, 2.05) is 6.08 Å². The molecular weight excluding hydrogens is 336 g/mol. The number of aliphatic hydroxyl groups excluding tert-OH is 1. The van der Waals surface area contributed by atoms with Gasteiger partial charge in [0.15, 0.2) is 0 Å². The predicted octanol–water partition coefficient (Wildman–Crippen LogP) is 3.36. The van der Waals surface area contributed by atoms with E-state index in [-0.39, 0.29) is 18.6 Å². The minimum Gasteiger partial charge on any atom is -0.394 e. The number of benzene rings is 1. The van der Waals surface area contributed by atoms with Crippen molar-refractivity contribution < 1.29 is 9.90 Å². The number of unbranched alkanes of at least 4 members (excludes halogenated alkanes) is 2. The number of carbonyl (C=O) groups excluding carboxylic acids is 1. The number of rotatable bonds is 8. The van der Waals surface area contributed by atoms with Crippen molar-refractivity contribution in [1.29, 1.82) is 0 Å². The number of hydrogen-bond acceptors (Lipinski definition) is 3. The lowest BCUT2D eigenvalue weighted by atomic mass is 9.84. The van der Waals surface area contributed by atoms with Gasteiger partial charge in [0.1, 0.15) is 0 Å². The van der Waals surface area contributed by atoms with Gasteiger partial charge in [-0.2, -0.15) is 0 Å². The molecule has 1 amide bonds. The molecule has 0 aliphatic heterocycles. The van der Waals surface area contributed by atoms with E-state index >= 15 is 0 Å². The van der Waals surface area contributed by atoms with Gasteiger partial charge in [0, 0.05) is 18.0 Å².